The molecule has 0 spiro atoms. The molecular weight excluding hydrogens is 495 g/mol. The van der Waals surface area contributed by atoms with Crippen molar-refractivity contribution in [2.45, 2.75) is 19.9 Å². The molecule has 3 rings (SSSR count). The number of carbonyl (C=O) groups is 1. The van der Waals surface area contributed by atoms with Crippen LogP contribution in [0.4, 0.5) is 11.4 Å². The van der Waals surface area contributed by atoms with E-state index in [1.165, 1.54) is 0 Å². The van der Waals surface area contributed by atoms with Gasteiger partial charge in [-0.05, 0) is 72.3 Å². The van der Waals surface area contributed by atoms with Gasteiger partial charge in [-0.25, -0.2) is 8.42 Å². The lowest BCUT2D eigenvalue weighted by Crippen LogP contribution is -2.45. The molecule has 9 heteroatoms. The van der Waals surface area contributed by atoms with Crippen molar-refractivity contribution in [2.75, 3.05) is 29.1 Å². The van der Waals surface area contributed by atoms with Gasteiger partial charge in [0.25, 0.3) is 0 Å². The highest BCUT2D eigenvalue weighted by Crippen LogP contribution is 2.35. The van der Waals surface area contributed by atoms with Gasteiger partial charge in [-0.1, -0.05) is 0 Å². The molecule has 0 saturated heterocycles. The number of sulfonamides is 1. The Labute approximate surface area is 178 Å². The zero-order chi connectivity index (χ0) is 20.5. The maximum atomic E-state index is 12.8. The van der Waals surface area contributed by atoms with Crippen LogP contribution in [0.5, 0.6) is 11.5 Å². The number of rotatable bonds is 5. The average molecular weight is 516 g/mol. The molecule has 0 unspecified atom stereocenters. The molecule has 1 aliphatic rings. The fourth-order valence-electron chi connectivity index (χ4n) is 2.98. The van der Waals surface area contributed by atoms with Crippen molar-refractivity contribution in [1.82, 2.24) is 0 Å². The largest absolute Gasteiger partial charge is 0.486 e. The molecule has 1 heterocycles. The van der Waals surface area contributed by atoms with Gasteiger partial charge in [0.2, 0.25) is 15.9 Å². The van der Waals surface area contributed by atoms with Crippen LogP contribution in [0, 0.1) is 10.5 Å². The molecule has 0 radical (unpaired) electrons. The van der Waals surface area contributed by atoms with Crippen molar-refractivity contribution in [3.8, 4) is 11.5 Å². The molecule has 0 bridgehead atoms. The molecule has 1 N–H and O–H groups in total. The second-order valence-corrected chi connectivity index (χ2v) is 9.62. The first-order valence-electron chi connectivity index (χ1n) is 8.63. The van der Waals surface area contributed by atoms with Crippen LogP contribution in [0.15, 0.2) is 36.4 Å². The van der Waals surface area contributed by atoms with Crippen LogP contribution in [-0.2, 0) is 14.8 Å². The van der Waals surface area contributed by atoms with Crippen LogP contribution in [-0.4, -0.2) is 39.8 Å². The normalized spacial score (nSPS) is 14.3. The second-order valence-electron chi connectivity index (χ2n) is 6.51. The van der Waals surface area contributed by atoms with Gasteiger partial charge in [0.05, 0.1) is 11.9 Å². The van der Waals surface area contributed by atoms with Gasteiger partial charge in [0, 0.05) is 15.3 Å². The van der Waals surface area contributed by atoms with Gasteiger partial charge in [0.15, 0.2) is 11.5 Å². The lowest BCUT2D eigenvalue weighted by Gasteiger charge is -2.29. The quantitative estimate of drug-likeness (QED) is 0.618. The number of anilines is 2. The molecule has 1 aliphatic heterocycles. The topological polar surface area (TPSA) is 84.9 Å². The minimum Gasteiger partial charge on any atom is -0.486 e. The summed E-state index contributed by atoms with van der Waals surface area (Å²) >= 11 is 2.19. The van der Waals surface area contributed by atoms with Crippen LogP contribution < -0.4 is 19.1 Å². The van der Waals surface area contributed by atoms with E-state index in [0.717, 1.165) is 19.7 Å². The third kappa shape index (κ3) is 4.52. The fourth-order valence-corrected chi connectivity index (χ4v) is 4.80. The minimum absolute atomic E-state index is 0.341. The molecule has 28 heavy (non-hydrogen) atoms. The van der Waals surface area contributed by atoms with Crippen molar-refractivity contribution in [3.05, 3.63) is 45.5 Å². The van der Waals surface area contributed by atoms with Crippen LogP contribution in [0.3, 0.4) is 0 Å². The van der Waals surface area contributed by atoms with Gasteiger partial charge in [-0.3, -0.25) is 9.10 Å². The number of hydrogen-bond acceptors (Lipinski definition) is 5. The number of fused-ring (bicyclic) bond motifs is 1. The Hall–Kier alpha value is -2.01. The van der Waals surface area contributed by atoms with Gasteiger partial charge >= 0.3 is 0 Å². The maximum Gasteiger partial charge on any atom is 0.248 e. The number of nitrogens with one attached hydrogen (secondary N) is 1. The number of ether oxygens (including phenoxy) is 2. The number of hydrogen-bond donors (Lipinski definition) is 1. The van der Waals surface area contributed by atoms with Gasteiger partial charge in [-0.2, -0.15) is 0 Å². The van der Waals surface area contributed by atoms with E-state index >= 15 is 0 Å². The van der Waals surface area contributed by atoms with Gasteiger partial charge < -0.3 is 14.8 Å². The number of nitrogens with zero attached hydrogens (tertiary/aromatic N) is 1. The lowest BCUT2D eigenvalue weighted by molar-refractivity contribution is -0.116. The van der Waals surface area contributed by atoms with Crippen molar-refractivity contribution < 1.29 is 22.7 Å². The molecule has 0 fully saturated rings. The average Bonchev–Trinajstić information content (AvgIpc) is 2.62. The molecule has 0 aromatic heterocycles. The van der Waals surface area contributed by atoms with E-state index in [0.29, 0.717) is 36.1 Å². The summed E-state index contributed by atoms with van der Waals surface area (Å²) in [4.78, 5) is 12.8. The van der Waals surface area contributed by atoms with Crippen molar-refractivity contribution in [1.29, 1.82) is 0 Å². The highest BCUT2D eigenvalue weighted by Gasteiger charge is 2.30. The number of aryl methyl sites for hydroxylation is 1. The number of carbonyl (C=O) groups excluding carboxylic acids is 1. The molecule has 7 nitrogen and oxygen atoms in total. The van der Waals surface area contributed by atoms with E-state index in [2.05, 4.69) is 27.9 Å². The molecule has 0 saturated carbocycles. The number of benzene rings is 2. The third-order valence-corrected chi connectivity index (χ3v) is 6.23. The Balaban J connectivity index is 1.90. The van der Waals surface area contributed by atoms with Crippen LogP contribution >= 0.6 is 22.6 Å². The van der Waals surface area contributed by atoms with Crippen molar-refractivity contribution in [2.24, 2.45) is 0 Å². The van der Waals surface area contributed by atoms with Crippen LogP contribution in [0.2, 0.25) is 0 Å². The van der Waals surface area contributed by atoms with E-state index in [-0.39, 0.29) is 0 Å². The summed E-state index contributed by atoms with van der Waals surface area (Å²) < 4.78 is 38.1. The molecule has 0 aliphatic carbocycles. The minimum atomic E-state index is -3.72. The zero-order valence-electron chi connectivity index (χ0n) is 15.7. The summed E-state index contributed by atoms with van der Waals surface area (Å²) in [5, 5.41) is 2.82. The van der Waals surface area contributed by atoms with Gasteiger partial charge in [0.1, 0.15) is 19.3 Å². The standard InChI is InChI=1S/C19H21IN2O5S/c1-12-10-14(20)4-6-16(12)21-19(23)13(2)22(28(3,24)25)15-5-7-17-18(11-15)27-9-8-26-17/h4-7,10-11,13H,8-9H2,1-3H3,(H,21,23)/t13-/m0/s1. The smallest absolute Gasteiger partial charge is 0.248 e. The van der Waals surface area contributed by atoms with E-state index < -0.39 is 22.0 Å². The monoisotopic (exact) mass is 516 g/mol. The fraction of sp³-hybridized carbons (Fsp3) is 0.316. The Bertz CT molecular complexity index is 1010. The predicted molar refractivity (Wildman–Crippen MR) is 117 cm³/mol. The summed E-state index contributed by atoms with van der Waals surface area (Å²) in [6, 6.07) is 9.49. The Morgan fingerprint density at radius 3 is 2.46 bits per heavy atom. The van der Waals surface area contributed by atoms with Crippen molar-refractivity contribution in [3.63, 3.8) is 0 Å². The number of halogens is 1. The van der Waals surface area contributed by atoms with Crippen LogP contribution in [0.1, 0.15) is 12.5 Å². The SMILES string of the molecule is Cc1cc(I)ccc1NC(=O)[C@H](C)N(c1ccc2c(c1)OCCO2)S(C)(=O)=O. The zero-order valence-corrected chi connectivity index (χ0v) is 18.7. The van der Waals surface area contributed by atoms with E-state index in [1.807, 2.05) is 19.1 Å². The Kier molecular flexibility index (Phi) is 6.04. The summed E-state index contributed by atoms with van der Waals surface area (Å²) in [5.41, 5.74) is 1.89. The predicted octanol–water partition coefficient (Wildman–Crippen LogP) is 3.16. The first-order valence-corrected chi connectivity index (χ1v) is 11.6. The molecule has 150 valence electrons. The first-order chi connectivity index (χ1) is 13.2. The van der Waals surface area contributed by atoms with Gasteiger partial charge in [-0.15, -0.1) is 0 Å². The Morgan fingerprint density at radius 1 is 1.14 bits per heavy atom. The summed E-state index contributed by atoms with van der Waals surface area (Å²) in [5.74, 6) is 0.582. The van der Waals surface area contributed by atoms with E-state index in [9.17, 15) is 13.2 Å². The third-order valence-electron chi connectivity index (χ3n) is 4.32. The lowest BCUT2D eigenvalue weighted by atomic mass is 10.2. The summed E-state index contributed by atoms with van der Waals surface area (Å²) in [6.45, 7) is 4.26. The van der Waals surface area contributed by atoms with Crippen molar-refractivity contribution >= 4 is 49.9 Å². The van der Waals surface area contributed by atoms with E-state index in [4.69, 9.17) is 9.47 Å². The molecule has 1 atom stereocenters. The molecule has 1 amide bonds. The first kappa shape index (κ1) is 20.7. The summed E-state index contributed by atoms with van der Waals surface area (Å²) in [6.07, 6.45) is 1.07. The van der Waals surface area contributed by atoms with Crippen LogP contribution in [0.25, 0.3) is 0 Å². The van der Waals surface area contributed by atoms with E-state index in [1.54, 1.807) is 31.2 Å². The second kappa shape index (κ2) is 8.16. The highest BCUT2D eigenvalue weighted by molar-refractivity contribution is 14.1. The Morgan fingerprint density at radius 2 is 1.82 bits per heavy atom. The summed E-state index contributed by atoms with van der Waals surface area (Å²) in [7, 11) is -3.72. The molecular formula is C19H21IN2O5S. The maximum absolute atomic E-state index is 12.8. The molecule has 2 aromatic carbocycles. The highest BCUT2D eigenvalue weighted by atomic mass is 127. The number of amides is 1. The molecule has 2 aromatic rings.